The Morgan fingerprint density at radius 2 is 1.96 bits per heavy atom. The molecule has 3 aromatic rings. The van der Waals surface area contributed by atoms with Gasteiger partial charge in [0.1, 0.15) is 11.9 Å². The van der Waals surface area contributed by atoms with Gasteiger partial charge in [0.25, 0.3) is 0 Å². The van der Waals surface area contributed by atoms with Gasteiger partial charge < -0.3 is 10.6 Å². The van der Waals surface area contributed by atoms with Crippen LogP contribution in [0.2, 0.25) is 0 Å². The molecular weight excluding hydrogens is 402 g/mol. The molecule has 0 bridgehead atoms. The topological polar surface area (TPSA) is 73.6 Å². The highest BCUT2D eigenvalue weighted by atomic mass is 79.9. The second-order valence-electron chi connectivity index (χ2n) is 6.44. The van der Waals surface area contributed by atoms with Gasteiger partial charge in [-0.3, -0.25) is 0 Å². The summed E-state index contributed by atoms with van der Waals surface area (Å²) in [5.74, 6) is 1.67. The van der Waals surface area contributed by atoms with Crippen LogP contribution in [-0.2, 0) is 6.42 Å². The van der Waals surface area contributed by atoms with Gasteiger partial charge in [-0.25, -0.2) is 4.98 Å². The van der Waals surface area contributed by atoms with Crippen molar-refractivity contribution in [1.82, 2.24) is 9.97 Å². The molecule has 134 valence electrons. The third-order valence-electron chi connectivity index (χ3n) is 4.83. The molecule has 0 radical (unpaired) electrons. The smallest absolute Gasteiger partial charge is 0.229 e. The lowest BCUT2D eigenvalue weighted by atomic mass is 9.97. The van der Waals surface area contributed by atoms with Crippen LogP contribution in [0.25, 0.3) is 0 Å². The number of nitrogens with zero attached hydrogens (tertiary/aromatic N) is 3. The summed E-state index contributed by atoms with van der Waals surface area (Å²) in [5, 5.41) is 15.7. The Kier molecular flexibility index (Phi) is 4.78. The summed E-state index contributed by atoms with van der Waals surface area (Å²) >= 11 is 3.38. The number of hydrogen-bond acceptors (Lipinski definition) is 5. The fourth-order valence-electron chi connectivity index (χ4n) is 3.55. The van der Waals surface area contributed by atoms with Crippen LogP contribution in [-0.4, -0.2) is 17.0 Å². The summed E-state index contributed by atoms with van der Waals surface area (Å²) in [6.07, 6.45) is 1.99. The van der Waals surface area contributed by atoms with Crippen molar-refractivity contribution >= 4 is 33.4 Å². The summed E-state index contributed by atoms with van der Waals surface area (Å²) in [4.78, 5) is 9.47. The molecule has 5 nitrogen and oxygen atoms in total. The van der Waals surface area contributed by atoms with Crippen molar-refractivity contribution in [3.8, 4) is 6.07 Å². The van der Waals surface area contributed by atoms with E-state index in [1.54, 1.807) is 6.07 Å². The largest absolute Gasteiger partial charge is 0.373 e. The fourth-order valence-corrected chi connectivity index (χ4v) is 3.89. The molecule has 27 heavy (non-hydrogen) atoms. The zero-order valence-corrected chi connectivity index (χ0v) is 16.4. The number of nitrogens with one attached hydrogen (secondary N) is 2. The van der Waals surface area contributed by atoms with Crippen molar-refractivity contribution in [2.75, 3.05) is 17.7 Å². The highest BCUT2D eigenvalue weighted by molar-refractivity contribution is 9.10. The normalized spacial score (nSPS) is 15.1. The van der Waals surface area contributed by atoms with E-state index in [4.69, 9.17) is 4.98 Å². The predicted molar refractivity (Wildman–Crippen MR) is 110 cm³/mol. The molecule has 0 spiro atoms. The Bertz CT molecular complexity index is 1030. The Morgan fingerprint density at radius 1 is 1.15 bits per heavy atom. The molecule has 4 rings (SSSR count). The van der Waals surface area contributed by atoms with E-state index in [2.05, 4.69) is 61.9 Å². The van der Waals surface area contributed by atoms with Crippen molar-refractivity contribution < 1.29 is 0 Å². The van der Waals surface area contributed by atoms with Gasteiger partial charge in [-0.05, 0) is 52.5 Å². The molecule has 6 heteroatoms. The standard InChI is InChI=1S/C21H18BrN5/c1-24-20-17-9-8-16(13-5-3-2-4-6-13)19(17)26-21(27-20)25-15-7-10-18(22)14(11-15)12-23/h2-7,10-11,16H,8-9H2,1H3,(H2,24,25,26,27). The first kappa shape index (κ1) is 17.5. The number of benzene rings is 2. The Hall–Kier alpha value is -2.91. The second-order valence-corrected chi connectivity index (χ2v) is 7.30. The number of halogens is 1. The van der Waals surface area contributed by atoms with Crippen LogP contribution < -0.4 is 10.6 Å². The van der Waals surface area contributed by atoms with Gasteiger partial charge in [0.05, 0.1) is 11.3 Å². The average Bonchev–Trinajstić information content (AvgIpc) is 3.13. The number of aromatic nitrogens is 2. The predicted octanol–water partition coefficient (Wildman–Crippen LogP) is 4.97. The van der Waals surface area contributed by atoms with E-state index in [-0.39, 0.29) is 5.92 Å². The molecule has 0 fully saturated rings. The maximum absolute atomic E-state index is 9.23. The number of nitriles is 1. The van der Waals surface area contributed by atoms with Crippen LogP contribution in [0.5, 0.6) is 0 Å². The molecule has 0 saturated heterocycles. The van der Waals surface area contributed by atoms with Gasteiger partial charge in [-0.2, -0.15) is 10.2 Å². The van der Waals surface area contributed by atoms with Crippen LogP contribution in [0, 0.1) is 11.3 Å². The van der Waals surface area contributed by atoms with Gasteiger partial charge >= 0.3 is 0 Å². The molecule has 1 aliphatic carbocycles. The lowest BCUT2D eigenvalue weighted by Crippen LogP contribution is -2.08. The summed E-state index contributed by atoms with van der Waals surface area (Å²) < 4.78 is 0.769. The summed E-state index contributed by atoms with van der Waals surface area (Å²) in [7, 11) is 1.88. The molecule has 0 amide bonds. The highest BCUT2D eigenvalue weighted by Gasteiger charge is 2.29. The molecule has 1 aliphatic rings. The van der Waals surface area contributed by atoms with Crippen molar-refractivity contribution in [3.63, 3.8) is 0 Å². The Labute approximate surface area is 166 Å². The molecule has 2 N–H and O–H groups in total. The van der Waals surface area contributed by atoms with Gasteiger partial charge in [-0.15, -0.1) is 0 Å². The zero-order chi connectivity index (χ0) is 18.8. The van der Waals surface area contributed by atoms with E-state index in [9.17, 15) is 5.26 Å². The van der Waals surface area contributed by atoms with E-state index >= 15 is 0 Å². The van der Waals surface area contributed by atoms with Crippen LogP contribution in [0.3, 0.4) is 0 Å². The quantitative estimate of drug-likeness (QED) is 0.623. The van der Waals surface area contributed by atoms with Crippen LogP contribution in [0.15, 0.2) is 53.0 Å². The van der Waals surface area contributed by atoms with Gasteiger partial charge in [0.15, 0.2) is 0 Å². The van der Waals surface area contributed by atoms with Gasteiger partial charge in [-0.1, -0.05) is 30.3 Å². The van der Waals surface area contributed by atoms with Gasteiger partial charge in [0.2, 0.25) is 5.95 Å². The molecule has 1 unspecified atom stereocenters. The Balaban J connectivity index is 1.72. The molecular formula is C21H18BrN5. The first-order chi connectivity index (χ1) is 13.2. The number of fused-ring (bicyclic) bond motifs is 1. The molecule has 0 saturated carbocycles. The monoisotopic (exact) mass is 419 g/mol. The van der Waals surface area contributed by atoms with E-state index in [0.29, 0.717) is 11.5 Å². The SMILES string of the molecule is CNc1nc(Nc2ccc(Br)c(C#N)c2)nc2c1CCC2c1ccccc1. The highest BCUT2D eigenvalue weighted by Crippen LogP contribution is 2.40. The maximum Gasteiger partial charge on any atom is 0.229 e. The molecule has 1 atom stereocenters. The number of rotatable bonds is 4. The van der Waals surface area contributed by atoms with Crippen LogP contribution >= 0.6 is 15.9 Å². The van der Waals surface area contributed by atoms with E-state index in [1.807, 2.05) is 25.2 Å². The van der Waals surface area contributed by atoms with Crippen molar-refractivity contribution in [3.05, 3.63) is 75.4 Å². The minimum atomic E-state index is 0.274. The third-order valence-corrected chi connectivity index (χ3v) is 5.53. The van der Waals surface area contributed by atoms with E-state index in [0.717, 1.165) is 34.5 Å². The molecule has 0 aliphatic heterocycles. The molecule has 1 heterocycles. The van der Waals surface area contributed by atoms with Crippen LogP contribution in [0.1, 0.15) is 34.7 Å². The van der Waals surface area contributed by atoms with E-state index in [1.165, 1.54) is 11.1 Å². The molecule has 2 aromatic carbocycles. The Morgan fingerprint density at radius 3 is 2.70 bits per heavy atom. The zero-order valence-electron chi connectivity index (χ0n) is 14.8. The minimum Gasteiger partial charge on any atom is -0.373 e. The maximum atomic E-state index is 9.23. The third kappa shape index (κ3) is 3.38. The number of hydrogen-bond donors (Lipinski definition) is 2. The van der Waals surface area contributed by atoms with Gasteiger partial charge in [0, 0.05) is 28.7 Å². The fraction of sp³-hybridized carbons (Fsp3) is 0.190. The first-order valence-corrected chi connectivity index (χ1v) is 9.59. The van der Waals surface area contributed by atoms with Crippen molar-refractivity contribution in [2.24, 2.45) is 0 Å². The molecule has 1 aromatic heterocycles. The minimum absolute atomic E-state index is 0.274. The average molecular weight is 420 g/mol. The van der Waals surface area contributed by atoms with Crippen molar-refractivity contribution in [1.29, 1.82) is 5.26 Å². The second kappa shape index (κ2) is 7.37. The summed E-state index contributed by atoms with van der Waals surface area (Å²) in [6, 6.07) is 18.2. The lowest BCUT2D eigenvalue weighted by molar-refractivity contribution is 0.772. The summed E-state index contributed by atoms with van der Waals surface area (Å²) in [6.45, 7) is 0. The summed E-state index contributed by atoms with van der Waals surface area (Å²) in [5.41, 5.74) is 4.88. The van der Waals surface area contributed by atoms with Crippen molar-refractivity contribution in [2.45, 2.75) is 18.8 Å². The van der Waals surface area contributed by atoms with E-state index < -0.39 is 0 Å². The number of anilines is 3. The van der Waals surface area contributed by atoms with Crippen LogP contribution in [0.4, 0.5) is 17.5 Å². The lowest BCUT2D eigenvalue weighted by Gasteiger charge is -2.15. The first-order valence-electron chi connectivity index (χ1n) is 8.79.